The van der Waals surface area contributed by atoms with E-state index in [2.05, 4.69) is 5.32 Å². The molecule has 0 aromatic heterocycles. The third kappa shape index (κ3) is 4.67. The summed E-state index contributed by atoms with van der Waals surface area (Å²) >= 11 is 5.83. The zero-order chi connectivity index (χ0) is 17.0. The van der Waals surface area contributed by atoms with Gasteiger partial charge in [-0.15, -0.1) is 0 Å². The van der Waals surface area contributed by atoms with Crippen molar-refractivity contribution in [1.82, 2.24) is 13.9 Å². The number of nitrogens with zero attached hydrogens (tertiary/aromatic N) is 2. The van der Waals surface area contributed by atoms with Crippen LogP contribution in [0.15, 0.2) is 24.3 Å². The first-order chi connectivity index (χ1) is 10.8. The molecule has 23 heavy (non-hydrogen) atoms. The maximum absolute atomic E-state index is 12.3. The predicted molar refractivity (Wildman–Crippen MR) is 90.2 cm³/mol. The Morgan fingerprint density at radius 3 is 2.61 bits per heavy atom. The van der Waals surface area contributed by atoms with Gasteiger partial charge in [-0.3, -0.25) is 4.79 Å². The van der Waals surface area contributed by atoms with Crippen molar-refractivity contribution in [2.45, 2.75) is 19.4 Å². The Hall–Kier alpha value is -1.15. The first kappa shape index (κ1) is 18.2. The number of carbonyl (C=O) groups excluding carboxylic acids is 1. The fourth-order valence-corrected chi connectivity index (χ4v) is 3.85. The molecule has 1 aliphatic heterocycles. The molecule has 2 rings (SSSR count). The molecule has 0 radical (unpaired) electrons. The quantitative estimate of drug-likeness (QED) is 0.865. The highest BCUT2D eigenvalue weighted by Crippen LogP contribution is 2.20. The molecule has 1 heterocycles. The first-order valence-electron chi connectivity index (χ1n) is 7.50. The van der Waals surface area contributed by atoms with Crippen LogP contribution in [0.4, 0.5) is 0 Å². The summed E-state index contributed by atoms with van der Waals surface area (Å²) in [4.78, 5) is 12.3. The minimum atomic E-state index is -3.47. The van der Waals surface area contributed by atoms with E-state index < -0.39 is 10.2 Å². The van der Waals surface area contributed by atoms with Crippen LogP contribution in [0.1, 0.15) is 18.4 Å². The average molecular weight is 360 g/mol. The molecule has 1 saturated heterocycles. The van der Waals surface area contributed by atoms with Crippen LogP contribution >= 0.6 is 11.6 Å². The van der Waals surface area contributed by atoms with Gasteiger partial charge in [0.2, 0.25) is 5.91 Å². The molecule has 0 saturated carbocycles. The van der Waals surface area contributed by atoms with Gasteiger partial charge >= 0.3 is 0 Å². The molecular weight excluding hydrogens is 338 g/mol. The van der Waals surface area contributed by atoms with E-state index in [1.807, 2.05) is 12.1 Å². The molecule has 1 N–H and O–H groups in total. The molecule has 128 valence electrons. The Balaban J connectivity index is 1.93. The fraction of sp³-hybridized carbons (Fsp3) is 0.533. The van der Waals surface area contributed by atoms with Crippen molar-refractivity contribution in [3.63, 3.8) is 0 Å². The number of benzene rings is 1. The number of halogens is 1. The van der Waals surface area contributed by atoms with Gasteiger partial charge in [-0.05, 0) is 30.5 Å². The minimum Gasteiger partial charge on any atom is -0.352 e. The van der Waals surface area contributed by atoms with Crippen molar-refractivity contribution < 1.29 is 13.2 Å². The van der Waals surface area contributed by atoms with E-state index in [1.165, 1.54) is 22.7 Å². The van der Waals surface area contributed by atoms with Gasteiger partial charge in [0.05, 0.1) is 5.92 Å². The van der Waals surface area contributed by atoms with Crippen LogP contribution in [-0.4, -0.2) is 50.1 Å². The Labute approximate surface area is 142 Å². The predicted octanol–water partition coefficient (Wildman–Crippen LogP) is 1.47. The van der Waals surface area contributed by atoms with Crippen molar-refractivity contribution in [3.8, 4) is 0 Å². The van der Waals surface area contributed by atoms with E-state index in [4.69, 9.17) is 11.6 Å². The number of amides is 1. The van der Waals surface area contributed by atoms with E-state index in [1.54, 1.807) is 12.1 Å². The summed E-state index contributed by atoms with van der Waals surface area (Å²) in [5, 5.41) is 3.52. The van der Waals surface area contributed by atoms with E-state index >= 15 is 0 Å². The van der Waals surface area contributed by atoms with Gasteiger partial charge in [-0.2, -0.15) is 17.0 Å². The highest BCUT2D eigenvalue weighted by Gasteiger charge is 2.33. The Bertz CT molecular complexity index is 646. The molecular formula is C15H22ClN3O3S. The topological polar surface area (TPSA) is 69.7 Å². The van der Waals surface area contributed by atoms with E-state index in [0.717, 1.165) is 5.56 Å². The van der Waals surface area contributed by atoms with Crippen LogP contribution in [0, 0.1) is 5.92 Å². The number of hydrogen-bond acceptors (Lipinski definition) is 3. The van der Waals surface area contributed by atoms with Gasteiger partial charge in [0.25, 0.3) is 10.2 Å². The summed E-state index contributed by atoms with van der Waals surface area (Å²) in [7, 11) is -0.467. The summed E-state index contributed by atoms with van der Waals surface area (Å²) < 4.78 is 26.9. The van der Waals surface area contributed by atoms with Crippen LogP contribution in [0.25, 0.3) is 0 Å². The normalized spacial score (nSPS) is 19.7. The molecule has 1 atom stereocenters. The van der Waals surface area contributed by atoms with Crippen molar-refractivity contribution in [3.05, 3.63) is 34.9 Å². The number of piperidine rings is 1. The van der Waals surface area contributed by atoms with Crippen LogP contribution in [0.2, 0.25) is 5.02 Å². The van der Waals surface area contributed by atoms with E-state index in [-0.39, 0.29) is 18.4 Å². The second-order valence-corrected chi connectivity index (χ2v) is 8.41. The molecule has 0 spiro atoms. The molecule has 1 aromatic carbocycles. The maximum atomic E-state index is 12.3. The summed E-state index contributed by atoms with van der Waals surface area (Å²) in [5.74, 6) is -0.426. The summed E-state index contributed by atoms with van der Waals surface area (Å²) in [6, 6.07) is 7.25. The SMILES string of the molecule is CN(C)S(=O)(=O)N1CCCC(C(=O)NCc2ccc(Cl)cc2)C1. The van der Waals surface area contributed by atoms with Crippen molar-refractivity contribution in [2.24, 2.45) is 5.92 Å². The first-order valence-corrected chi connectivity index (χ1v) is 9.28. The molecule has 8 heteroatoms. The van der Waals surface area contributed by atoms with E-state index in [0.29, 0.717) is 31.0 Å². The fourth-order valence-electron chi connectivity index (χ4n) is 2.53. The maximum Gasteiger partial charge on any atom is 0.281 e. The molecule has 0 bridgehead atoms. The smallest absolute Gasteiger partial charge is 0.281 e. The largest absolute Gasteiger partial charge is 0.352 e. The summed E-state index contributed by atoms with van der Waals surface area (Å²) in [6.45, 7) is 1.10. The van der Waals surface area contributed by atoms with Crippen LogP contribution in [0.5, 0.6) is 0 Å². The molecule has 1 aliphatic rings. The van der Waals surface area contributed by atoms with Gasteiger partial charge in [-0.25, -0.2) is 0 Å². The molecule has 1 aromatic rings. The second-order valence-electron chi connectivity index (χ2n) is 5.83. The van der Waals surface area contributed by atoms with Crippen molar-refractivity contribution in [1.29, 1.82) is 0 Å². The van der Waals surface area contributed by atoms with Gasteiger partial charge in [0, 0.05) is 38.8 Å². The lowest BCUT2D eigenvalue weighted by atomic mass is 9.99. The summed E-state index contributed by atoms with van der Waals surface area (Å²) in [6.07, 6.45) is 1.39. The monoisotopic (exact) mass is 359 g/mol. The number of rotatable bonds is 5. The standard InChI is InChI=1S/C15H22ClN3O3S/c1-18(2)23(21,22)19-9-3-4-13(11-19)15(20)17-10-12-5-7-14(16)8-6-12/h5-8,13H,3-4,9-11H2,1-2H3,(H,17,20). The van der Waals surface area contributed by atoms with Crippen molar-refractivity contribution in [2.75, 3.05) is 27.2 Å². The van der Waals surface area contributed by atoms with Gasteiger partial charge < -0.3 is 5.32 Å². The molecule has 0 aliphatic carbocycles. The molecule has 1 unspecified atom stereocenters. The highest BCUT2D eigenvalue weighted by atomic mass is 35.5. The lowest BCUT2D eigenvalue weighted by Crippen LogP contribution is -2.48. The molecule has 1 fully saturated rings. The zero-order valence-corrected chi connectivity index (χ0v) is 14.9. The van der Waals surface area contributed by atoms with Gasteiger partial charge in [0.1, 0.15) is 0 Å². The van der Waals surface area contributed by atoms with Gasteiger partial charge in [0.15, 0.2) is 0 Å². The third-order valence-electron chi connectivity index (χ3n) is 3.92. The van der Waals surface area contributed by atoms with Crippen LogP contribution in [0.3, 0.4) is 0 Å². The molecule has 6 nitrogen and oxygen atoms in total. The lowest BCUT2D eigenvalue weighted by molar-refractivity contribution is -0.126. The summed E-state index contributed by atoms with van der Waals surface area (Å²) in [5.41, 5.74) is 0.955. The Morgan fingerprint density at radius 1 is 1.35 bits per heavy atom. The second kappa shape index (κ2) is 7.61. The van der Waals surface area contributed by atoms with Crippen LogP contribution < -0.4 is 5.32 Å². The van der Waals surface area contributed by atoms with E-state index in [9.17, 15) is 13.2 Å². The molecule has 1 amide bonds. The van der Waals surface area contributed by atoms with Crippen molar-refractivity contribution >= 4 is 27.7 Å². The number of nitrogens with one attached hydrogen (secondary N) is 1. The Kier molecular flexibility index (Phi) is 6.02. The van der Waals surface area contributed by atoms with Crippen LogP contribution in [-0.2, 0) is 21.5 Å². The third-order valence-corrected chi connectivity index (χ3v) is 6.08. The average Bonchev–Trinajstić information content (AvgIpc) is 2.54. The minimum absolute atomic E-state index is 0.112. The lowest BCUT2D eigenvalue weighted by Gasteiger charge is -2.32. The number of hydrogen-bond donors (Lipinski definition) is 1. The zero-order valence-electron chi connectivity index (χ0n) is 13.3. The van der Waals surface area contributed by atoms with Gasteiger partial charge in [-0.1, -0.05) is 23.7 Å². The highest BCUT2D eigenvalue weighted by molar-refractivity contribution is 7.86. The number of carbonyl (C=O) groups is 1. The Morgan fingerprint density at radius 2 is 2.00 bits per heavy atom.